The van der Waals surface area contributed by atoms with Crippen LogP contribution in [0.1, 0.15) is 71.8 Å². The Bertz CT molecular complexity index is 660. The summed E-state index contributed by atoms with van der Waals surface area (Å²) in [7, 11) is 0. The molecule has 0 spiro atoms. The van der Waals surface area contributed by atoms with Crippen molar-refractivity contribution in [2.75, 3.05) is 39.3 Å². The highest BCUT2D eigenvalue weighted by atomic mass is 16.6. The van der Waals surface area contributed by atoms with Gasteiger partial charge < -0.3 is 14.5 Å². The van der Waals surface area contributed by atoms with E-state index in [1.807, 2.05) is 20.8 Å². The molecule has 2 heterocycles. The number of hydrogen-bond acceptors (Lipinski definition) is 5. The zero-order chi connectivity index (χ0) is 21.4. The molecule has 0 N–H and O–H groups in total. The van der Waals surface area contributed by atoms with Crippen LogP contribution in [0.2, 0.25) is 0 Å². The smallest absolute Gasteiger partial charge is 0.129 e. The summed E-state index contributed by atoms with van der Waals surface area (Å²) in [6.07, 6.45) is 7.64. The fourth-order valence-electron chi connectivity index (χ4n) is 4.22. The molecule has 2 fully saturated rings. The van der Waals surface area contributed by atoms with Crippen LogP contribution < -0.4 is 4.74 Å². The topological polar surface area (TPSA) is 37.3 Å². The molecule has 1 aromatic carbocycles. The molecule has 0 aromatic heterocycles. The second-order valence-corrected chi connectivity index (χ2v) is 9.83. The molecule has 2 aliphatic heterocycles. The van der Waals surface area contributed by atoms with Gasteiger partial charge in [-0.15, -0.1) is 0 Å². The highest BCUT2D eigenvalue weighted by molar-refractivity contribution is 6.01. The fraction of sp³-hybridized carbons (Fsp3) is 0.720. The van der Waals surface area contributed by atoms with Crippen LogP contribution in [-0.2, 0) is 4.84 Å². The Balaban J connectivity index is 1.54. The third kappa shape index (κ3) is 7.59. The second kappa shape index (κ2) is 11.1. The van der Waals surface area contributed by atoms with Crippen LogP contribution in [0.4, 0.5) is 0 Å². The van der Waals surface area contributed by atoms with E-state index < -0.39 is 0 Å². The first-order valence-electron chi connectivity index (χ1n) is 11.9. The number of ether oxygens (including phenoxy) is 1. The third-order valence-electron chi connectivity index (χ3n) is 5.99. The van der Waals surface area contributed by atoms with Crippen LogP contribution in [0.5, 0.6) is 5.75 Å². The van der Waals surface area contributed by atoms with E-state index in [2.05, 4.69) is 46.1 Å². The minimum atomic E-state index is -0.289. The first-order chi connectivity index (χ1) is 14.4. The normalized spacial score (nSPS) is 21.7. The van der Waals surface area contributed by atoms with Crippen molar-refractivity contribution in [3.63, 3.8) is 0 Å². The molecule has 0 aliphatic carbocycles. The van der Waals surface area contributed by atoms with Crippen LogP contribution in [0.15, 0.2) is 29.4 Å². The summed E-state index contributed by atoms with van der Waals surface area (Å²) in [5, 5.41) is 4.54. The Morgan fingerprint density at radius 3 is 2.40 bits per heavy atom. The van der Waals surface area contributed by atoms with Crippen LogP contribution in [0.25, 0.3) is 0 Å². The SMILES string of the molecule is C[C@@H]1CCCN1CCCOc1ccc(C(CN2CCCCC2)=NOC(C)(C)C)cc1. The molecule has 0 saturated carbocycles. The maximum atomic E-state index is 5.99. The zero-order valence-corrected chi connectivity index (χ0v) is 19.5. The summed E-state index contributed by atoms with van der Waals surface area (Å²) in [6.45, 7) is 14.7. The van der Waals surface area contributed by atoms with E-state index in [1.54, 1.807) is 0 Å². The quantitative estimate of drug-likeness (QED) is 0.325. The van der Waals surface area contributed by atoms with Crippen LogP contribution in [0, 0.1) is 0 Å². The number of benzene rings is 1. The Kier molecular flexibility index (Phi) is 8.58. The molecule has 0 amide bonds. The predicted octanol–water partition coefficient (Wildman–Crippen LogP) is 4.94. The summed E-state index contributed by atoms with van der Waals surface area (Å²) >= 11 is 0. The van der Waals surface area contributed by atoms with Crippen molar-refractivity contribution >= 4 is 5.71 Å². The second-order valence-electron chi connectivity index (χ2n) is 9.83. The zero-order valence-electron chi connectivity index (χ0n) is 19.5. The first-order valence-corrected chi connectivity index (χ1v) is 11.9. The Labute approximate surface area is 183 Å². The lowest BCUT2D eigenvalue weighted by Crippen LogP contribution is -2.35. The van der Waals surface area contributed by atoms with Crippen molar-refractivity contribution in [3.8, 4) is 5.75 Å². The number of nitrogens with zero attached hydrogens (tertiary/aromatic N) is 3. The van der Waals surface area contributed by atoms with Gasteiger partial charge in [0.05, 0.1) is 6.61 Å². The van der Waals surface area contributed by atoms with Gasteiger partial charge in [0.1, 0.15) is 17.1 Å². The van der Waals surface area contributed by atoms with Gasteiger partial charge in [0.25, 0.3) is 0 Å². The van der Waals surface area contributed by atoms with Gasteiger partial charge in [0.2, 0.25) is 0 Å². The monoisotopic (exact) mass is 415 g/mol. The van der Waals surface area contributed by atoms with Crippen LogP contribution in [0.3, 0.4) is 0 Å². The van der Waals surface area contributed by atoms with Gasteiger partial charge in [-0.2, -0.15) is 0 Å². The number of oxime groups is 1. The minimum absolute atomic E-state index is 0.289. The molecule has 0 unspecified atom stereocenters. The molecule has 0 bridgehead atoms. The minimum Gasteiger partial charge on any atom is -0.494 e. The van der Waals surface area contributed by atoms with E-state index >= 15 is 0 Å². The molecule has 1 atom stereocenters. The van der Waals surface area contributed by atoms with Crippen LogP contribution in [-0.4, -0.2) is 66.5 Å². The Morgan fingerprint density at radius 1 is 1.03 bits per heavy atom. The first kappa shape index (κ1) is 23.1. The number of likely N-dealkylation sites (tertiary alicyclic amines) is 2. The van der Waals surface area contributed by atoms with Gasteiger partial charge in [-0.25, -0.2) is 0 Å². The van der Waals surface area contributed by atoms with Crippen molar-refractivity contribution in [3.05, 3.63) is 29.8 Å². The van der Waals surface area contributed by atoms with E-state index in [1.165, 1.54) is 38.6 Å². The maximum Gasteiger partial charge on any atom is 0.129 e. The van der Waals surface area contributed by atoms with E-state index in [0.29, 0.717) is 0 Å². The predicted molar refractivity (Wildman–Crippen MR) is 124 cm³/mol. The Morgan fingerprint density at radius 2 is 1.77 bits per heavy atom. The number of hydrogen-bond donors (Lipinski definition) is 0. The van der Waals surface area contributed by atoms with Crippen molar-refractivity contribution in [2.24, 2.45) is 5.16 Å². The Hall–Kier alpha value is -1.59. The molecule has 168 valence electrons. The average molecular weight is 416 g/mol. The number of rotatable bonds is 9. The van der Waals surface area contributed by atoms with Crippen molar-refractivity contribution in [1.82, 2.24) is 9.80 Å². The lowest BCUT2D eigenvalue weighted by Gasteiger charge is -2.27. The lowest BCUT2D eigenvalue weighted by molar-refractivity contribution is 0.000366. The van der Waals surface area contributed by atoms with E-state index in [4.69, 9.17) is 9.57 Å². The maximum absolute atomic E-state index is 5.99. The molecule has 3 rings (SSSR count). The number of piperidine rings is 1. The molecule has 30 heavy (non-hydrogen) atoms. The van der Waals surface area contributed by atoms with Crippen molar-refractivity contribution in [1.29, 1.82) is 0 Å². The molecule has 5 nitrogen and oxygen atoms in total. The van der Waals surface area contributed by atoms with Gasteiger partial charge in [-0.1, -0.05) is 11.6 Å². The highest BCUT2D eigenvalue weighted by Crippen LogP contribution is 2.18. The summed E-state index contributed by atoms with van der Waals surface area (Å²) in [5.41, 5.74) is 1.83. The van der Waals surface area contributed by atoms with Gasteiger partial charge in [-0.3, -0.25) is 4.90 Å². The van der Waals surface area contributed by atoms with Gasteiger partial charge in [0, 0.05) is 24.7 Å². The molecular formula is C25H41N3O2. The summed E-state index contributed by atoms with van der Waals surface area (Å²) < 4.78 is 5.99. The van der Waals surface area contributed by atoms with E-state index in [9.17, 15) is 0 Å². The molecule has 5 heteroatoms. The molecular weight excluding hydrogens is 374 g/mol. The molecule has 2 aliphatic rings. The van der Waals surface area contributed by atoms with Gasteiger partial charge in [-0.05, 0) is 104 Å². The van der Waals surface area contributed by atoms with Crippen molar-refractivity contribution in [2.45, 2.75) is 77.9 Å². The summed E-state index contributed by atoms with van der Waals surface area (Å²) in [6, 6.07) is 9.10. The van der Waals surface area contributed by atoms with E-state index in [0.717, 1.165) is 62.3 Å². The third-order valence-corrected chi connectivity index (χ3v) is 5.99. The molecule has 1 aromatic rings. The van der Waals surface area contributed by atoms with Crippen LogP contribution >= 0.6 is 0 Å². The lowest BCUT2D eigenvalue weighted by atomic mass is 10.1. The summed E-state index contributed by atoms with van der Waals surface area (Å²) in [5.74, 6) is 0.933. The highest BCUT2D eigenvalue weighted by Gasteiger charge is 2.19. The molecule has 0 radical (unpaired) electrons. The molecule has 2 saturated heterocycles. The average Bonchev–Trinajstić information content (AvgIpc) is 3.14. The van der Waals surface area contributed by atoms with Gasteiger partial charge >= 0.3 is 0 Å². The summed E-state index contributed by atoms with van der Waals surface area (Å²) in [4.78, 5) is 10.8. The fourth-order valence-corrected chi connectivity index (χ4v) is 4.22. The van der Waals surface area contributed by atoms with Gasteiger partial charge in [0.15, 0.2) is 0 Å². The van der Waals surface area contributed by atoms with Crippen molar-refractivity contribution < 1.29 is 9.57 Å². The largest absolute Gasteiger partial charge is 0.494 e. The van der Waals surface area contributed by atoms with E-state index in [-0.39, 0.29) is 5.60 Å². The standard InChI is InChI=1S/C25H41N3O2/c1-21-10-8-17-28(21)18-9-19-29-23-13-11-22(12-14-23)24(26-30-25(2,3)4)20-27-15-6-5-7-16-27/h11-14,21H,5-10,15-20H2,1-4H3/t21-/m1/s1.